The van der Waals surface area contributed by atoms with Crippen LogP contribution in [0, 0.1) is 16.7 Å². The Morgan fingerprint density at radius 1 is 1.31 bits per heavy atom. The summed E-state index contributed by atoms with van der Waals surface area (Å²) in [7, 11) is 0. The number of alkyl halides is 2. The minimum absolute atomic E-state index is 0.0364. The Hall–Kier alpha value is -0.180. The number of rotatable bonds is 2. The van der Waals surface area contributed by atoms with Crippen LogP contribution in [-0.4, -0.2) is 12.5 Å². The van der Waals surface area contributed by atoms with Gasteiger partial charge in [0.25, 0.3) is 0 Å². The summed E-state index contributed by atoms with van der Waals surface area (Å²) in [5, 5.41) is 0. The Bertz CT molecular complexity index is 229. The third-order valence-corrected chi connectivity index (χ3v) is 4.22. The van der Waals surface area contributed by atoms with Crippen molar-refractivity contribution in [2.75, 3.05) is 6.54 Å². The van der Waals surface area contributed by atoms with Gasteiger partial charge in [-0.25, -0.2) is 8.78 Å². The monoisotopic (exact) mass is 189 g/mol. The molecule has 1 nitrogen and oxygen atoms in total. The number of hydrogen-bond donors (Lipinski definition) is 1. The molecule has 1 unspecified atom stereocenters. The highest BCUT2D eigenvalue weighted by Gasteiger charge is 2.68. The highest BCUT2D eigenvalue weighted by Crippen LogP contribution is 2.72. The van der Waals surface area contributed by atoms with Crippen LogP contribution in [-0.2, 0) is 0 Å². The van der Waals surface area contributed by atoms with Gasteiger partial charge in [-0.15, -0.1) is 0 Å². The lowest BCUT2D eigenvalue weighted by molar-refractivity contribution is -0.134. The van der Waals surface area contributed by atoms with Crippen molar-refractivity contribution >= 4 is 0 Å². The zero-order valence-electron chi connectivity index (χ0n) is 8.24. The Balaban J connectivity index is 2.03. The van der Waals surface area contributed by atoms with Crippen LogP contribution in [0.2, 0.25) is 0 Å². The molecule has 0 aromatic rings. The van der Waals surface area contributed by atoms with Gasteiger partial charge in [0.05, 0.1) is 0 Å². The third-order valence-electron chi connectivity index (χ3n) is 4.22. The second-order valence-electron chi connectivity index (χ2n) is 5.38. The van der Waals surface area contributed by atoms with Gasteiger partial charge in [0.1, 0.15) is 0 Å². The molecule has 0 spiro atoms. The smallest absolute Gasteiger partial charge is 0.248 e. The molecule has 0 amide bonds. The van der Waals surface area contributed by atoms with Gasteiger partial charge < -0.3 is 5.73 Å². The molecule has 3 heteroatoms. The maximum atomic E-state index is 12.7. The third kappa shape index (κ3) is 1.13. The van der Waals surface area contributed by atoms with Gasteiger partial charge >= 0.3 is 0 Å². The molecule has 2 N–H and O–H groups in total. The summed E-state index contributed by atoms with van der Waals surface area (Å²) in [6.07, 6.45) is 1.15. The summed E-state index contributed by atoms with van der Waals surface area (Å²) in [5.74, 6) is -2.23. The molecule has 2 aliphatic carbocycles. The van der Waals surface area contributed by atoms with E-state index < -0.39 is 5.92 Å². The van der Waals surface area contributed by atoms with E-state index in [1.807, 2.05) is 0 Å². The predicted molar refractivity (Wildman–Crippen MR) is 47.6 cm³/mol. The van der Waals surface area contributed by atoms with Crippen molar-refractivity contribution in [3.63, 3.8) is 0 Å². The van der Waals surface area contributed by atoms with Gasteiger partial charge in [-0.2, -0.15) is 0 Å². The zero-order valence-corrected chi connectivity index (χ0v) is 8.24. The van der Waals surface area contributed by atoms with E-state index in [0.717, 1.165) is 6.42 Å². The molecule has 13 heavy (non-hydrogen) atoms. The SMILES string of the molecule is CC1(C)CC1(CN)C1CC(F)(F)C1. The maximum absolute atomic E-state index is 12.7. The summed E-state index contributed by atoms with van der Waals surface area (Å²) < 4.78 is 25.4. The zero-order chi connectivity index (χ0) is 9.91. The van der Waals surface area contributed by atoms with Crippen molar-refractivity contribution in [1.82, 2.24) is 0 Å². The Kier molecular flexibility index (Phi) is 1.62. The van der Waals surface area contributed by atoms with Crippen LogP contribution >= 0.6 is 0 Å². The Morgan fingerprint density at radius 2 is 1.77 bits per heavy atom. The van der Waals surface area contributed by atoms with Crippen molar-refractivity contribution in [1.29, 1.82) is 0 Å². The minimum Gasteiger partial charge on any atom is -0.330 e. The molecule has 0 bridgehead atoms. The molecular weight excluding hydrogens is 172 g/mol. The lowest BCUT2D eigenvalue weighted by Crippen LogP contribution is -2.44. The van der Waals surface area contributed by atoms with Crippen LogP contribution in [0.1, 0.15) is 33.1 Å². The summed E-state index contributed by atoms with van der Waals surface area (Å²) in [4.78, 5) is 0. The molecule has 0 heterocycles. The minimum atomic E-state index is -2.40. The normalized spacial score (nSPS) is 41.3. The predicted octanol–water partition coefficient (Wildman–Crippen LogP) is 2.41. The standard InChI is InChI=1S/C10H17F2N/c1-8(2)5-9(8,6-13)7-3-10(11,12)4-7/h7H,3-6,13H2,1-2H3. The number of halogens is 2. The van der Waals surface area contributed by atoms with E-state index in [9.17, 15) is 8.78 Å². The first-order valence-electron chi connectivity index (χ1n) is 4.91. The van der Waals surface area contributed by atoms with E-state index in [1.54, 1.807) is 0 Å². The molecular formula is C10H17F2N. The van der Waals surface area contributed by atoms with Crippen molar-refractivity contribution in [3.05, 3.63) is 0 Å². The van der Waals surface area contributed by atoms with E-state index in [-0.39, 0.29) is 29.6 Å². The van der Waals surface area contributed by atoms with E-state index in [0.29, 0.717) is 6.54 Å². The summed E-state index contributed by atoms with van der Waals surface area (Å²) >= 11 is 0. The molecule has 0 aromatic carbocycles. The van der Waals surface area contributed by atoms with Crippen LogP contribution in [0.3, 0.4) is 0 Å². The molecule has 2 rings (SSSR count). The molecule has 2 fully saturated rings. The quantitative estimate of drug-likeness (QED) is 0.709. The Labute approximate surface area is 77.7 Å². The summed E-state index contributed by atoms with van der Waals surface area (Å²) in [6.45, 7) is 4.84. The van der Waals surface area contributed by atoms with E-state index in [2.05, 4.69) is 13.8 Å². The van der Waals surface area contributed by atoms with Gasteiger partial charge in [-0.3, -0.25) is 0 Å². The van der Waals surface area contributed by atoms with Crippen molar-refractivity contribution in [2.45, 2.75) is 39.0 Å². The van der Waals surface area contributed by atoms with Gasteiger partial charge in [-0.05, 0) is 29.7 Å². The summed E-state index contributed by atoms with van der Waals surface area (Å²) in [5.41, 5.74) is 5.93. The second kappa shape index (κ2) is 2.25. The fourth-order valence-corrected chi connectivity index (χ4v) is 3.01. The van der Waals surface area contributed by atoms with Crippen LogP contribution in [0.25, 0.3) is 0 Å². The number of nitrogens with two attached hydrogens (primary N) is 1. The lowest BCUT2D eigenvalue weighted by Gasteiger charge is -2.42. The van der Waals surface area contributed by atoms with Gasteiger partial charge in [0, 0.05) is 12.8 Å². The molecule has 0 saturated heterocycles. The Morgan fingerprint density at radius 3 is 2.00 bits per heavy atom. The molecule has 2 aliphatic rings. The van der Waals surface area contributed by atoms with E-state index >= 15 is 0 Å². The van der Waals surface area contributed by atoms with E-state index in [1.165, 1.54) is 0 Å². The fourth-order valence-electron chi connectivity index (χ4n) is 3.01. The molecule has 0 aliphatic heterocycles. The first kappa shape index (κ1) is 9.38. The van der Waals surface area contributed by atoms with Gasteiger partial charge in [-0.1, -0.05) is 13.8 Å². The van der Waals surface area contributed by atoms with Crippen LogP contribution in [0.15, 0.2) is 0 Å². The molecule has 0 aromatic heterocycles. The molecule has 1 atom stereocenters. The summed E-state index contributed by atoms with van der Waals surface area (Å²) in [6, 6.07) is 0. The average Bonchev–Trinajstić information content (AvgIpc) is 2.50. The lowest BCUT2D eigenvalue weighted by atomic mass is 9.68. The average molecular weight is 189 g/mol. The fraction of sp³-hybridized carbons (Fsp3) is 1.00. The van der Waals surface area contributed by atoms with Gasteiger partial charge in [0.15, 0.2) is 0 Å². The molecule has 0 radical (unpaired) electrons. The molecule has 2 saturated carbocycles. The highest BCUT2D eigenvalue weighted by molar-refractivity contribution is 5.16. The van der Waals surface area contributed by atoms with Gasteiger partial charge in [0.2, 0.25) is 5.92 Å². The topological polar surface area (TPSA) is 26.0 Å². The van der Waals surface area contributed by atoms with E-state index in [4.69, 9.17) is 5.73 Å². The number of hydrogen-bond acceptors (Lipinski definition) is 1. The van der Waals surface area contributed by atoms with Crippen LogP contribution < -0.4 is 5.73 Å². The van der Waals surface area contributed by atoms with Crippen molar-refractivity contribution in [3.8, 4) is 0 Å². The first-order chi connectivity index (χ1) is 5.83. The van der Waals surface area contributed by atoms with Crippen molar-refractivity contribution in [2.24, 2.45) is 22.5 Å². The first-order valence-corrected chi connectivity index (χ1v) is 4.91. The maximum Gasteiger partial charge on any atom is 0.248 e. The largest absolute Gasteiger partial charge is 0.330 e. The van der Waals surface area contributed by atoms with Crippen LogP contribution in [0.5, 0.6) is 0 Å². The molecule has 76 valence electrons. The highest BCUT2D eigenvalue weighted by atomic mass is 19.3. The van der Waals surface area contributed by atoms with Crippen molar-refractivity contribution < 1.29 is 8.78 Å². The van der Waals surface area contributed by atoms with Crippen LogP contribution in [0.4, 0.5) is 8.78 Å². The second-order valence-corrected chi connectivity index (χ2v) is 5.38.